The number of halogens is 1. The number of nitrogens with two attached hydrogens (primary N) is 1. The summed E-state index contributed by atoms with van der Waals surface area (Å²) in [5, 5.41) is 7.57. The zero-order valence-electron chi connectivity index (χ0n) is 14.3. The van der Waals surface area contributed by atoms with Gasteiger partial charge in [0.15, 0.2) is 10.3 Å². The van der Waals surface area contributed by atoms with Crippen LogP contribution >= 0.6 is 35.6 Å². The largest absolute Gasteiger partial charge is 0.375 e. The summed E-state index contributed by atoms with van der Waals surface area (Å²) in [5.41, 5.74) is 7.28. The molecule has 0 aliphatic carbocycles. The molecule has 0 fully saturated rings. The lowest BCUT2D eigenvalue weighted by molar-refractivity contribution is 0.250. The van der Waals surface area contributed by atoms with Crippen molar-refractivity contribution in [1.82, 2.24) is 15.0 Å². The van der Waals surface area contributed by atoms with Crippen LogP contribution in [0.2, 0.25) is 5.02 Å². The Morgan fingerprint density at radius 1 is 1.32 bits per heavy atom. The van der Waals surface area contributed by atoms with Gasteiger partial charge in [-0.2, -0.15) is 5.10 Å². The quantitative estimate of drug-likeness (QED) is 0.271. The van der Waals surface area contributed by atoms with Crippen molar-refractivity contribution in [2.75, 3.05) is 0 Å². The Morgan fingerprint density at radius 2 is 2.00 bits per heavy atom. The average Bonchev–Trinajstić information content (AvgIpc) is 2.53. The van der Waals surface area contributed by atoms with E-state index in [2.05, 4.69) is 15.1 Å². The van der Waals surface area contributed by atoms with Crippen molar-refractivity contribution < 1.29 is 0 Å². The molecule has 1 aromatic carbocycles. The van der Waals surface area contributed by atoms with Gasteiger partial charge in [0.1, 0.15) is 0 Å². The van der Waals surface area contributed by atoms with Gasteiger partial charge in [-0.3, -0.25) is 0 Å². The first kappa shape index (κ1) is 19.6. The van der Waals surface area contributed by atoms with E-state index in [1.54, 1.807) is 35.2 Å². The SMILES string of the molecule is CC(C)(C)N(/N=C/c1ccnc(SCc2ccc(Cl)cc2)n1)C(N)=S. The second kappa shape index (κ2) is 8.60. The first-order valence-electron chi connectivity index (χ1n) is 7.59. The number of nitrogens with zero attached hydrogens (tertiary/aromatic N) is 4. The normalized spacial score (nSPS) is 11.7. The number of rotatable bonds is 5. The molecule has 0 bridgehead atoms. The monoisotopic (exact) mass is 393 g/mol. The van der Waals surface area contributed by atoms with Crippen LogP contribution in [-0.4, -0.2) is 31.8 Å². The second-order valence-corrected chi connectivity index (χ2v) is 8.04. The Morgan fingerprint density at radius 3 is 2.60 bits per heavy atom. The minimum atomic E-state index is -0.304. The zero-order valence-corrected chi connectivity index (χ0v) is 16.7. The molecule has 0 spiro atoms. The van der Waals surface area contributed by atoms with Crippen molar-refractivity contribution in [3.63, 3.8) is 0 Å². The van der Waals surface area contributed by atoms with Crippen molar-refractivity contribution in [2.24, 2.45) is 10.8 Å². The van der Waals surface area contributed by atoms with Crippen LogP contribution in [0.15, 0.2) is 46.8 Å². The van der Waals surface area contributed by atoms with Gasteiger partial charge < -0.3 is 5.73 Å². The van der Waals surface area contributed by atoms with Crippen LogP contribution in [0, 0.1) is 0 Å². The summed E-state index contributed by atoms with van der Waals surface area (Å²) < 4.78 is 0. The highest BCUT2D eigenvalue weighted by molar-refractivity contribution is 7.98. The van der Waals surface area contributed by atoms with Crippen molar-refractivity contribution in [3.8, 4) is 0 Å². The number of benzene rings is 1. The summed E-state index contributed by atoms with van der Waals surface area (Å²) in [6, 6.07) is 9.51. The van der Waals surface area contributed by atoms with Gasteiger partial charge >= 0.3 is 0 Å². The van der Waals surface area contributed by atoms with Crippen LogP contribution in [0.1, 0.15) is 32.0 Å². The lowest BCUT2D eigenvalue weighted by Gasteiger charge is -2.31. The maximum Gasteiger partial charge on any atom is 0.188 e. The van der Waals surface area contributed by atoms with E-state index < -0.39 is 0 Å². The smallest absolute Gasteiger partial charge is 0.188 e. The second-order valence-electron chi connectivity index (χ2n) is 6.24. The molecule has 0 atom stereocenters. The number of hydrogen-bond donors (Lipinski definition) is 1. The summed E-state index contributed by atoms with van der Waals surface area (Å²) in [6.07, 6.45) is 3.35. The highest BCUT2D eigenvalue weighted by Gasteiger charge is 2.21. The molecular formula is C17H20ClN5S2. The molecule has 8 heteroatoms. The fourth-order valence-corrected chi connectivity index (χ4v) is 3.14. The van der Waals surface area contributed by atoms with Gasteiger partial charge in [-0.05, 0) is 56.8 Å². The fraction of sp³-hybridized carbons (Fsp3) is 0.294. The summed E-state index contributed by atoms with van der Waals surface area (Å²) in [6.45, 7) is 5.95. The predicted octanol–water partition coefficient (Wildman–Crippen LogP) is 4.10. The van der Waals surface area contributed by atoms with Gasteiger partial charge in [-0.25, -0.2) is 15.0 Å². The molecule has 1 aromatic heterocycles. The first-order chi connectivity index (χ1) is 11.8. The molecule has 2 N–H and O–H groups in total. The molecule has 0 unspecified atom stereocenters. The topological polar surface area (TPSA) is 67.4 Å². The fourth-order valence-electron chi connectivity index (χ4n) is 1.90. The van der Waals surface area contributed by atoms with Crippen LogP contribution in [0.25, 0.3) is 0 Å². The number of thiocarbonyl (C=S) groups is 1. The number of thioether (sulfide) groups is 1. The van der Waals surface area contributed by atoms with Crippen LogP contribution in [-0.2, 0) is 5.75 Å². The number of aromatic nitrogens is 2. The van der Waals surface area contributed by atoms with Gasteiger partial charge in [-0.1, -0.05) is 35.5 Å². The summed E-state index contributed by atoms with van der Waals surface area (Å²) in [4.78, 5) is 8.77. The molecule has 0 aliphatic rings. The van der Waals surface area contributed by atoms with E-state index in [1.165, 1.54) is 0 Å². The van der Waals surface area contributed by atoms with Crippen molar-refractivity contribution in [1.29, 1.82) is 0 Å². The van der Waals surface area contributed by atoms with Crippen LogP contribution in [0.3, 0.4) is 0 Å². The Hall–Kier alpha value is -1.70. The molecule has 25 heavy (non-hydrogen) atoms. The molecular weight excluding hydrogens is 374 g/mol. The lowest BCUT2D eigenvalue weighted by Crippen LogP contribution is -2.44. The average molecular weight is 394 g/mol. The van der Waals surface area contributed by atoms with Gasteiger partial charge in [0.25, 0.3) is 0 Å². The molecule has 1 heterocycles. The highest BCUT2D eigenvalue weighted by Crippen LogP contribution is 2.20. The molecule has 0 radical (unpaired) electrons. The Balaban J connectivity index is 2.06. The van der Waals surface area contributed by atoms with Crippen molar-refractivity contribution in [3.05, 3.63) is 52.8 Å². The minimum absolute atomic E-state index is 0.218. The van der Waals surface area contributed by atoms with Gasteiger partial charge in [0.2, 0.25) is 0 Å². The summed E-state index contributed by atoms with van der Waals surface area (Å²) in [5.74, 6) is 0.763. The van der Waals surface area contributed by atoms with Crippen molar-refractivity contribution >= 4 is 46.9 Å². The van der Waals surface area contributed by atoms with E-state index in [4.69, 9.17) is 29.6 Å². The maximum absolute atomic E-state index is 5.90. The van der Waals surface area contributed by atoms with E-state index in [9.17, 15) is 0 Å². The number of hydrazone groups is 1. The maximum atomic E-state index is 5.90. The standard InChI is InChI=1S/C17H20ClN5S2/c1-17(2,3)23(15(19)24)21-10-14-8-9-20-16(22-14)25-11-12-4-6-13(18)7-5-12/h4-10H,11H2,1-3H3,(H2,19,24)/b21-10+. The number of hydrogen-bond acceptors (Lipinski definition) is 5. The molecule has 2 rings (SSSR count). The van der Waals surface area contributed by atoms with E-state index in [0.29, 0.717) is 10.9 Å². The van der Waals surface area contributed by atoms with E-state index in [1.807, 2.05) is 45.0 Å². The Kier molecular flexibility index (Phi) is 6.75. The highest BCUT2D eigenvalue weighted by atomic mass is 35.5. The van der Waals surface area contributed by atoms with E-state index in [-0.39, 0.29) is 10.7 Å². The van der Waals surface area contributed by atoms with Gasteiger partial charge in [0, 0.05) is 17.0 Å². The van der Waals surface area contributed by atoms with Gasteiger partial charge in [-0.15, -0.1) is 0 Å². The Bertz CT molecular complexity index is 756. The Labute approximate surface area is 162 Å². The summed E-state index contributed by atoms with van der Waals surface area (Å²) >= 11 is 12.5. The molecule has 2 aromatic rings. The van der Waals surface area contributed by atoms with Crippen LogP contribution in [0.4, 0.5) is 0 Å². The molecule has 132 valence electrons. The van der Waals surface area contributed by atoms with Gasteiger partial charge in [0.05, 0.1) is 17.4 Å². The van der Waals surface area contributed by atoms with Crippen LogP contribution in [0.5, 0.6) is 0 Å². The first-order valence-corrected chi connectivity index (χ1v) is 9.37. The zero-order chi connectivity index (χ0) is 18.4. The van der Waals surface area contributed by atoms with Crippen molar-refractivity contribution in [2.45, 2.75) is 37.2 Å². The predicted molar refractivity (Wildman–Crippen MR) is 109 cm³/mol. The minimum Gasteiger partial charge on any atom is -0.375 e. The molecule has 0 aliphatic heterocycles. The molecule has 0 amide bonds. The molecule has 0 saturated heterocycles. The lowest BCUT2D eigenvalue weighted by atomic mass is 10.1. The summed E-state index contributed by atoms with van der Waals surface area (Å²) in [7, 11) is 0. The molecule has 0 saturated carbocycles. The third kappa shape index (κ3) is 6.26. The molecule has 5 nitrogen and oxygen atoms in total. The van der Waals surface area contributed by atoms with E-state index >= 15 is 0 Å². The third-order valence-electron chi connectivity index (χ3n) is 3.09. The third-order valence-corrected chi connectivity index (χ3v) is 4.44. The van der Waals surface area contributed by atoms with E-state index in [0.717, 1.165) is 16.3 Å². The van der Waals surface area contributed by atoms with Crippen LogP contribution < -0.4 is 5.73 Å².